The maximum atomic E-state index is 13.3. The number of rotatable bonds is 5. The van der Waals surface area contributed by atoms with Crippen molar-refractivity contribution in [3.8, 4) is 0 Å². The number of benzene rings is 1. The van der Waals surface area contributed by atoms with Gasteiger partial charge in [0.1, 0.15) is 5.65 Å². The number of amides is 2. The number of hydrogen-bond donors (Lipinski definition) is 4. The molecule has 1 atom stereocenters. The predicted molar refractivity (Wildman–Crippen MR) is 125 cm³/mol. The van der Waals surface area contributed by atoms with Gasteiger partial charge in [-0.1, -0.05) is 18.2 Å². The van der Waals surface area contributed by atoms with E-state index >= 15 is 0 Å². The van der Waals surface area contributed by atoms with Crippen LogP contribution in [-0.2, 0) is 16.0 Å². The van der Waals surface area contributed by atoms with Crippen LogP contribution in [-0.4, -0.2) is 45.9 Å². The van der Waals surface area contributed by atoms with Gasteiger partial charge in [0.2, 0.25) is 11.8 Å². The van der Waals surface area contributed by atoms with Crippen LogP contribution in [0, 0.1) is 0 Å². The smallest absolute Gasteiger partial charge is 0.249 e. The highest BCUT2D eigenvalue weighted by molar-refractivity contribution is 6.10. The quantitative estimate of drug-likeness (QED) is 0.390. The number of nitrogens with two attached hydrogens (primary N) is 1. The minimum Gasteiger partial charge on any atom is -0.361 e. The summed E-state index contributed by atoms with van der Waals surface area (Å²) in [4.78, 5) is 38.0. The fourth-order valence-electron chi connectivity index (χ4n) is 4.35. The Morgan fingerprint density at radius 2 is 2.06 bits per heavy atom. The van der Waals surface area contributed by atoms with Crippen LogP contribution in [0.15, 0.2) is 54.5 Å². The van der Waals surface area contributed by atoms with Crippen LogP contribution in [0.25, 0.3) is 28.0 Å². The molecule has 5 N–H and O–H groups in total. The first-order chi connectivity index (χ1) is 15.5. The van der Waals surface area contributed by atoms with Crippen molar-refractivity contribution < 1.29 is 9.59 Å². The number of carbonyl (C=O) groups excluding carboxylic acids is 2. The molecule has 4 aromatic rings. The molecule has 0 unspecified atom stereocenters. The van der Waals surface area contributed by atoms with Gasteiger partial charge in [-0.25, -0.2) is 4.98 Å². The topological polar surface area (TPSA) is 120 Å². The minimum absolute atomic E-state index is 0.139. The van der Waals surface area contributed by atoms with E-state index in [-0.39, 0.29) is 24.4 Å². The van der Waals surface area contributed by atoms with Crippen molar-refractivity contribution in [2.24, 2.45) is 5.73 Å². The molecule has 1 aromatic carbocycles. The average molecular weight is 428 g/mol. The SMILES string of the molecule is CC(=O)N1CC(C(=O)N[C@H](CN)Cc2c[nH]c3ccccc23)=Cc2c[nH]c3nccc1c23. The van der Waals surface area contributed by atoms with E-state index in [0.717, 1.165) is 33.1 Å². The molecular formula is C24H24N6O2. The van der Waals surface area contributed by atoms with Crippen LogP contribution < -0.4 is 16.0 Å². The highest BCUT2D eigenvalue weighted by atomic mass is 16.2. The summed E-state index contributed by atoms with van der Waals surface area (Å²) in [6, 6.07) is 9.60. The Balaban J connectivity index is 1.42. The molecule has 0 saturated carbocycles. The van der Waals surface area contributed by atoms with Crippen LogP contribution in [0.1, 0.15) is 18.1 Å². The van der Waals surface area contributed by atoms with E-state index in [1.165, 1.54) is 6.92 Å². The Bertz CT molecular complexity index is 1370. The lowest BCUT2D eigenvalue weighted by Crippen LogP contribution is -2.44. The van der Waals surface area contributed by atoms with E-state index in [1.807, 2.05) is 36.7 Å². The van der Waals surface area contributed by atoms with Crippen molar-refractivity contribution in [2.45, 2.75) is 19.4 Å². The molecule has 2 amide bonds. The van der Waals surface area contributed by atoms with Crippen LogP contribution in [0.3, 0.4) is 0 Å². The second-order valence-corrected chi connectivity index (χ2v) is 8.04. The molecule has 5 rings (SSSR count). The van der Waals surface area contributed by atoms with Crippen molar-refractivity contribution in [3.05, 3.63) is 65.6 Å². The lowest BCUT2D eigenvalue weighted by molar-refractivity contribution is -0.118. The zero-order valence-corrected chi connectivity index (χ0v) is 17.7. The van der Waals surface area contributed by atoms with Gasteiger partial charge in [0, 0.05) is 65.5 Å². The number of nitrogens with one attached hydrogen (secondary N) is 3. The van der Waals surface area contributed by atoms with Crippen LogP contribution in [0.5, 0.6) is 0 Å². The molecule has 8 heteroatoms. The number of fused-ring (bicyclic) bond motifs is 1. The van der Waals surface area contributed by atoms with Crippen LogP contribution >= 0.6 is 0 Å². The molecule has 0 spiro atoms. The summed E-state index contributed by atoms with van der Waals surface area (Å²) in [6.07, 6.45) is 7.85. The molecule has 1 aliphatic heterocycles. The summed E-state index contributed by atoms with van der Waals surface area (Å²) in [5.41, 5.74) is 10.9. The molecular weight excluding hydrogens is 404 g/mol. The molecule has 3 aromatic heterocycles. The third kappa shape index (κ3) is 3.44. The first-order valence-electron chi connectivity index (χ1n) is 10.6. The Labute approximate surface area is 184 Å². The van der Waals surface area contributed by atoms with E-state index in [2.05, 4.69) is 26.3 Å². The molecule has 0 bridgehead atoms. The normalized spacial score (nSPS) is 14.3. The third-order valence-electron chi connectivity index (χ3n) is 5.96. The molecule has 32 heavy (non-hydrogen) atoms. The number of pyridine rings is 1. The molecule has 162 valence electrons. The van der Waals surface area contributed by atoms with Crippen molar-refractivity contribution in [2.75, 3.05) is 18.0 Å². The predicted octanol–water partition coefficient (Wildman–Crippen LogP) is 2.48. The second-order valence-electron chi connectivity index (χ2n) is 8.04. The van der Waals surface area contributed by atoms with E-state index in [4.69, 9.17) is 5.73 Å². The van der Waals surface area contributed by atoms with Gasteiger partial charge in [-0.2, -0.15) is 0 Å². The molecule has 4 heterocycles. The fraction of sp³-hybridized carbons (Fsp3) is 0.208. The van der Waals surface area contributed by atoms with Gasteiger partial charge >= 0.3 is 0 Å². The summed E-state index contributed by atoms with van der Waals surface area (Å²) >= 11 is 0. The Kier molecular flexibility index (Phi) is 4.99. The van der Waals surface area contributed by atoms with Crippen molar-refractivity contribution >= 4 is 45.5 Å². The van der Waals surface area contributed by atoms with E-state index < -0.39 is 0 Å². The molecule has 0 aliphatic carbocycles. The molecule has 8 nitrogen and oxygen atoms in total. The van der Waals surface area contributed by atoms with Crippen molar-refractivity contribution in [1.29, 1.82) is 0 Å². The largest absolute Gasteiger partial charge is 0.361 e. The number of carbonyl (C=O) groups is 2. The first kappa shape index (κ1) is 20.0. The number of anilines is 1. The summed E-state index contributed by atoms with van der Waals surface area (Å²) < 4.78 is 0. The number of H-pyrrole nitrogens is 2. The van der Waals surface area contributed by atoms with Crippen molar-refractivity contribution in [3.63, 3.8) is 0 Å². The fourth-order valence-corrected chi connectivity index (χ4v) is 4.35. The summed E-state index contributed by atoms with van der Waals surface area (Å²) in [6.45, 7) is 1.98. The lowest BCUT2D eigenvalue weighted by atomic mass is 10.0. The minimum atomic E-state index is -0.244. The van der Waals surface area contributed by atoms with E-state index in [0.29, 0.717) is 24.2 Å². The summed E-state index contributed by atoms with van der Waals surface area (Å²) in [7, 11) is 0. The van der Waals surface area contributed by atoms with Crippen molar-refractivity contribution in [1.82, 2.24) is 20.3 Å². The molecule has 1 aliphatic rings. The average Bonchev–Trinajstić information content (AvgIpc) is 3.35. The van der Waals surface area contributed by atoms with Gasteiger partial charge in [0.25, 0.3) is 0 Å². The number of nitrogens with zero attached hydrogens (tertiary/aromatic N) is 2. The second kappa shape index (κ2) is 7.97. The highest BCUT2D eigenvalue weighted by Gasteiger charge is 2.26. The zero-order valence-electron chi connectivity index (χ0n) is 17.7. The maximum absolute atomic E-state index is 13.3. The third-order valence-corrected chi connectivity index (χ3v) is 5.96. The van der Waals surface area contributed by atoms with E-state index in [1.54, 1.807) is 17.2 Å². The van der Waals surface area contributed by atoms with Crippen LogP contribution in [0.2, 0.25) is 0 Å². The number of aromatic nitrogens is 3. The Hall–Kier alpha value is -3.91. The Morgan fingerprint density at radius 1 is 1.22 bits per heavy atom. The van der Waals surface area contributed by atoms with Gasteiger partial charge in [-0.05, 0) is 30.2 Å². The number of aromatic amines is 2. The first-order valence-corrected chi connectivity index (χ1v) is 10.6. The molecule has 0 fully saturated rings. The molecule has 0 saturated heterocycles. The van der Waals surface area contributed by atoms with Gasteiger partial charge in [0.05, 0.1) is 12.2 Å². The van der Waals surface area contributed by atoms with E-state index in [9.17, 15) is 9.59 Å². The Morgan fingerprint density at radius 3 is 2.88 bits per heavy atom. The number of para-hydroxylation sites is 1. The van der Waals surface area contributed by atoms with Gasteiger partial charge in [-0.15, -0.1) is 0 Å². The summed E-state index contributed by atoms with van der Waals surface area (Å²) in [5, 5.41) is 5.02. The monoisotopic (exact) mass is 428 g/mol. The zero-order chi connectivity index (χ0) is 22.2. The van der Waals surface area contributed by atoms with Gasteiger partial charge in [-0.3, -0.25) is 9.59 Å². The van der Waals surface area contributed by atoms with Gasteiger partial charge < -0.3 is 25.9 Å². The standard InChI is InChI=1S/C24H24N6O2/c1-14(31)30-13-17(8-16-12-28-23-22(16)21(30)6-7-26-23)24(32)29-18(10-25)9-15-11-27-20-5-3-2-4-19(15)20/h2-8,11-12,18,27H,9-10,13,25H2,1H3,(H,26,28)(H,29,32)/t18-/m0/s1. The summed E-state index contributed by atoms with van der Waals surface area (Å²) in [5.74, 6) is -0.374. The molecule has 0 radical (unpaired) electrons. The lowest BCUT2D eigenvalue weighted by Gasteiger charge is -2.23. The maximum Gasteiger partial charge on any atom is 0.249 e. The van der Waals surface area contributed by atoms with Gasteiger partial charge in [0.15, 0.2) is 0 Å². The van der Waals surface area contributed by atoms with Crippen LogP contribution in [0.4, 0.5) is 5.69 Å². The highest BCUT2D eigenvalue weighted by Crippen LogP contribution is 2.33. The number of hydrogen-bond acceptors (Lipinski definition) is 4.